The number of imidazole rings is 1. The molecule has 134 valence electrons. The molecule has 0 unspecified atom stereocenters. The molecule has 5 nitrogen and oxygen atoms in total. The number of fused-ring (bicyclic) bond motifs is 1. The van der Waals surface area contributed by atoms with Crippen LogP contribution in [-0.4, -0.2) is 26.0 Å². The van der Waals surface area contributed by atoms with Crippen LogP contribution in [0, 0.1) is 0 Å². The van der Waals surface area contributed by atoms with E-state index in [-0.39, 0.29) is 6.42 Å². The normalized spacial score (nSPS) is 11.0. The number of nitrogens with zero attached hydrogens (tertiary/aromatic N) is 2. The van der Waals surface area contributed by atoms with Crippen LogP contribution in [0.2, 0.25) is 0 Å². The first-order valence-electron chi connectivity index (χ1n) is 8.51. The summed E-state index contributed by atoms with van der Waals surface area (Å²) < 4.78 is 0. The van der Waals surface area contributed by atoms with Crippen LogP contribution < -0.4 is 0 Å². The van der Waals surface area contributed by atoms with Crippen LogP contribution in [0.15, 0.2) is 71.9 Å². The van der Waals surface area contributed by atoms with E-state index in [0.717, 1.165) is 44.3 Å². The lowest BCUT2D eigenvalue weighted by atomic mass is 10.1. The lowest BCUT2D eigenvalue weighted by Crippen LogP contribution is -1.99. The molecule has 4 rings (SSSR count). The fraction of sp³-hybridized carbons (Fsp3) is 0.0952. The zero-order valence-electron chi connectivity index (χ0n) is 14.4. The first kappa shape index (κ1) is 17.3. The Labute approximate surface area is 160 Å². The quantitative estimate of drug-likeness (QED) is 0.484. The monoisotopic (exact) mass is 375 g/mol. The maximum absolute atomic E-state index is 10.8. The zero-order valence-corrected chi connectivity index (χ0v) is 15.2. The molecule has 0 atom stereocenters. The smallest absolute Gasteiger partial charge is 0.307 e. The first-order chi connectivity index (χ1) is 13.2. The lowest BCUT2D eigenvalue weighted by molar-refractivity contribution is -0.136. The van der Waals surface area contributed by atoms with E-state index in [0.29, 0.717) is 0 Å². The van der Waals surface area contributed by atoms with Gasteiger partial charge in [0.2, 0.25) is 0 Å². The van der Waals surface area contributed by atoms with E-state index < -0.39 is 5.97 Å². The minimum atomic E-state index is -0.818. The number of pyridine rings is 1. The molecule has 0 saturated carbocycles. The molecule has 0 saturated heterocycles. The Morgan fingerprint density at radius 1 is 1.00 bits per heavy atom. The second-order valence-electron chi connectivity index (χ2n) is 6.13. The highest BCUT2D eigenvalue weighted by Gasteiger charge is 2.11. The molecule has 2 N–H and O–H groups in total. The Bertz CT molecular complexity index is 1060. The second-order valence-corrected chi connectivity index (χ2v) is 7.10. The third-order valence-electron chi connectivity index (χ3n) is 4.17. The number of aromatic nitrogens is 3. The molecule has 2 heterocycles. The fourth-order valence-electron chi connectivity index (χ4n) is 2.85. The highest BCUT2D eigenvalue weighted by Crippen LogP contribution is 2.31. The van der Waals surface area contributed by atoms with Gasteiger partial charge in [0.15, 0.2) is 0 Å². The summed E-state index contributed by atoms with van der Waals surface area (Å²) in [5.41, 5.74) is 4.83. The number of aromatic amines is 1. The molecule has 0 fully saturated rings. The lowest BCUT2D eigenvalue weighted by Gasteiger charge is -2.06. The molecular weight excluding hydrogens is 358 g/mol. The molecule has 0 bridgehead atoms. The van der Waals surface area contributed by atoms with Gasteiger partial charge in [-0.15, -0.1) is 11.8 Å². The van der Waals surface area contributed by atoms with Gasteiger partial charge >= 0.3 is 5.97 Å². The molecule has 0 aliphatic carbocycles. The molecule has 0 amide bonds. The summed E-state index contributed by atoms with van der Waals surface area (Å²) in [7, 11) is 0. The predicted molar refractivity (Wildman–Crippen MR) is 107 cm³/mol. The Morgan fingerprint density at radius 2 is 1.78 bits per heavy atom. The number of carbonyl (C=O) groups is 1. The van der Waals surface area contributed by atoms with E-state index in [9.17, 15) is 4.79 Å². The van der Waals surface area contributed by atoms with E-state index in [1.165, 1.54) is 0 Å². The highest BCUT2D eigenvalue weighted by atomic mass is 32.2. The number of carboxylic acid groups (broad SMARTS) is 1. The van der Waals surface area contributed by atoms with Crippen molar-refractivity contribution in [1.29, 1.82) is 0 Å². The number of thioether (sulfide) groups is 1. The van der Waals surface area contributed by atoms with Gasteiger partial charge in [0.25, 0.3) is 0 Å². The van der Waals surface area contributed by atoms with E-state index >= 15 is 0 Å². The van der Waals surface area contributed by atoms with Crippen LogP contribution in [0.1, 0.15) is 11.1 Å². The zero-order chi connectivity index (χ0) is 18.6. The van der Waals surface area contributed by atoms with Crippen LogP contribution in [0.5, 0.6) is 0 Å². The number of H-pyrrole nitrogens is 1. The van der Waals surface area contributed by atoms with Gasteiger partial charge in [-0.25, -0.2) is 9.97 Å². The number of rotatable bonds is 6. The second kappa shape index (κ2) is 7.63. The topological polar surface area (TPSA) is 78.9 Å². The minimum absolute atomic E-state index is 0.0455. The summed E-state index contributed by atoms with van der Waals surface area (Å²) in [6, 6.07) is 19.5. The maximum atomic E-state index is 10.8. The molecule has 0 radical (unpaired) electrons. The van der Waals surface area contributed by atoms with E-state index in [2.05, 4.69) is 15.0 Å². The van der Waals surface area contributed by atoms with Gasteiger partial charge in [0.05, 0.1) is 17.5 Å². The standard InChI is InChI=1S/C21H17N3O2S/c25-19(26)12-14-7-9-15(10-8-14)13-27-21-16(4-3-11-22-21)20-23-17-5-1-2-6-18(17)24-20/h1-11H,12-13H2,(H,23,24)(H,25,26). The summed E-state index contributed by atoms with van der Waals surface area (Å²) >= 11 is 1.64. The molecular formula is C21H17N3O2S. The number of para-hydroxylation sites is 2. The van der Waals surface area contributed by atoms with Gasteiger partial charge < -0.3 is 10.1 Å². The number of benzene rings is 2. The van der Waals surface area contributed by atoms with Crippen molar-refractivity contribution in [2.45, 2.75) is 17.2 Å². The molecule has 27 heavy (non-hydrogen) atoms. The van der Waals surface area contributed by atoms with E-state index in [1.54, 1.807) is 18.0 Å². The van der Waals surface area contributed by atoms with Gasteiger partial charge in [-0.1, -0.05) is 36.4 Å². The molecule has 0 spiro atoms. The van der Waals surface area contributed by atoms with Crippen molar-refractivity contribution in [2.75, 3.05) is 0 Å². The van der Waals surface area contributed by atoms with Gasteiger partial charge in [0, 0.05) is 17.5 Å². The van der Waals surface area contributed by atoms with Crippen molar-refractivity contribution >= 4 is 28.8 Å². The van der Waals surface area contributed by atoms with Gasteiger partial charge in [0.1, 0.15) is 10.9 Å². The van der Waals surface area contributed by atoms with Crippen molar-refractivity contribution < 1.29 is 9.90 Å². The van der Waals surface area contributed by atoms with Crippen LogP contribution >= 0.6 is 11.8 Å². The predicted octanol–water partition coefficient (Wildman–Crippen LogP) is 4.54. The van der Waals surface area contributed by atoms with Crippen molar-refractivity contribution in [1.82, 2.24) is 15.0 Å². The summed E-state index contributed by atoms with van der Waals surface area (Å²) in [6.45, 7) is 0. The summed E-state index contributed by atoms with van der Waals surface area (Å²) in [5, 5.41) is 9.77. The van der Waals surface area contributed by atoms with Gasteiger partial charge in [-0.2, -0.15) is 0 Å². The molecule has 4 aromatic rings. The number of carboxylic acids is 1. The van der Waals surface area contributed by atoms with Crippen molar-refractivity contribution in [3.63, 3.8) is 0 Å². The van der Waals surface area contributed by atoms with Crippen LogP contribution in [0.4, 0.5) is 0 Å². The minimum Gasteiger partial charge on any atom is -0.481 e. The van der Waals surface area contributed by atoms with E-state index in [4.69, 9.17) is 5.11 Å². The van der Waals surface area contributed by atoms with Crippen LogP contribution in [-0.2, 0) is 17.0 Å². The van der Waals surface area contributed by atoms with Crippen LogP contribution in [0.3, 0.4) is 0 Å². The number of nitrogens with one attached hydrogen (secondary N) is 1. The van der Waals surface area contributed by atoms with Crippen LogP contribution in [0.25, 0.3) is 22.4 Å². The Morgan fingerprint density at radius 3 is 2.56 bits per heavy atom. The third kappa shape index (κ3) is 4.01. The van der Waals surface area contributed by atoms with Gasteiger partial charge in [-0.3, -0.25) is 4.79 Å². The Hall–Kier alpha value is -3.12. The summed E-state index contributed by atoms with van der Waals surface area (Å²) in [6.07, 6.45) is 1.83. The number of hydrogen-bond acceptors (Lipinski definition) is 4. The Kier molecular flexibility index (Phi) is 4.89. The maximum Gasteiger partial charge on any atom is 0.307 e. The Balaban J connectivity index is 1.54. The average molecular weight is 375 g/mol. The molecule has 0 aliphatic rings. The average Bonchev–Trinajstić information content (AvgIpc) is 3.11. The van der Waals surface area contributed by atoms with E-state index in [1.807, 2.05) is 60.7 Å². The molecule has 2 aromatic heterocycles. The van der Waals surface area contributed by atoms with Crippen molar-refractivity contribution in [2.24, 2.45) is 0 Å². The molecule has 0 aliphatic heterocycles. The summed E-state index contributed by atoms with van der Waals surface area (Å²) in [4.78, 5) is 23.3. The SMILES string of the molecule is O=C(O)Cc1ccc(CSc2ncccc2-c2nc3ccccc3[nH]2)cc1. The fourth-order valence-corrected chi connectivity index (χ4v) is 3.80. The molecule has 6 heteroatoms. The summed E-state index contributed by atoms with van der Waals surface area (Å²) in [5.74, 6) is 0.738. The third-order valence-corrected chi connectivity index (χ3v) is 5.25. The number of hydrogen-bond donors (Lipinski definition) is 2. The number of aliphatic carboxylic acids is 1. The van der Waals surface area contributed by atoms with Gasteiger partial charge in [-0.05, 0) is 35.4 Å². The molecule has 2 aromatic carbocycles. The largest absolute Gasteiger partial charge is 0.481 e. The first-order valence-corrected chi connectivity index (χ1v) is 9.50. The van der Waals surface area contributed by atoms with Crippen molar-refractivity contribution in [3.05, 3.63) is 78.0 Å². The highest BCUT2D eigenvalue weighted by molar-refractivity contribution is 7.98. The van der Waals surface area contributed by atoms with Crippen molar-refractivity contribution in [3.8, 4) is 11.4 Å².